The lowest BCUT2D eigenvalue weighted by molar-refractivity contribution is 0.641. The average Bonchev–Trinajstić information content (AvgIpc) is 2.76. The maximum Gasteiger partial charge on any atom is -0.0224 e. The Labute approximate surface area is 92.3 Å². The smallest absolute Gasteiger partial charge is 0.0224 e. The van der Waals surface area contributed by atoms with Crippen molar-refractivity contribution in [1.82, 2.24) is 0 Å². The number of benzene rings is 1. The molecule has 0 heteroatoms. The van der Waals surface area contributed by atoms with Crippen molar-refractivity contribution in [2.24, 2.45) is 11.8 Å². The standard InChI is InChI=1S/C15H18/c1-2-13-8-10-15(12-13)11-9-14-6-4-3-5-7-14/h2-7,9,11,13,15H,1,8,10,12H2/b11-9-/t13-,15-/m1/s1. The summed E-state index contributed by atoms with van der Waals surface area (Å²) >= 11 is 0. The molecule has 0 radical (unpaired) electrons. The van der Waals surface area contributed by atoms with Crippen molar-refractivity contribution in [2.45, 2.75) is 19.3 Å². The molecule has 0 unspecified atom stereocenters. The third-order valence-corrected chi connectivity index (χ3v) is 3.21. The highest BCUT2D eigenvalue weighted by Crippen LogP contribution is 2.32. The minimum Gasteiger partial charge on any atom is -0.103 e. The lowest BCUT2D eigenvalue weighted by Crippen LogP contribution is -1.89. The Morgan fingerprint density at radius 1 is 1.07 bits per heavy atom. The number of allylic oxidation sites excluding steroid dienone is 2. The molecular formula is C15H18. The summed E-state index contributed by atoms with van der Waals surface area (Å²) in [4.78, 5) is 0. The van der Waals surface area contributed by atoms with Gasteiger partial charge in [-0.05, 0) is 36.7 Å². The molecule has 1 aromatic rings. The maximum absolute atomic E-state index is 3.87. The van der Waals surface area contributed by atoms with E-state index >= 15 is 0 Å². The molecule has 0 saturated heterocycles. The number of rotatable bonds is 3. The molecule has 0 nitrogen and oxygen atoms in total. The summed E-state index contributed by atoms with van der Waals surface area (Å²) in [5.41, 5.74) is 1.31. The van der Waals surface area contributed by atoms with Crippen LogP contribution >= 0.6 is 0 Å². The van der Waals surface area contributed by atoms with E-state index in [4.69, 9.17) is 0 Å². The van der Waals surface area contributed by atoms with E-state index in [0.717, 1.165) is 11.8 Å². The van der Waals surface area contributed by atoms with Gasteiger partial charge >= 0.3 is 0 Å². The third kappa shape index (κ3) is 2.82. The Morgan fingerprint density at radius 3 is 2.47 bits per heavy atom. The van der Waals surface area contributed by atoms with Crippen LogP contribution in [-0.4, -0.2) is 0 Å². The zero-order valence-corrected chi connectivity index (χ0v) is 9.10. The fraction of sp³-hybridized carbons (Fsp3) is 0.333. The van der Waals surface area contributed by atoms with Gasteiger partial charge in [0.1, 0.15) is 0 Å². The van der Waals surface area contributed by atoms with Gasteiger partial charge in [0.05, 0.1) is 0 Å². The van der Waals surface area contributed by atoms with Crippen molar-refractivity contribution in [3.05, 3.63) is 54.6 Å². The van der Waals surface area contributed by atoms with E-state index in [1.54, 1.807) is 0 Å². The molecule has 0 N–H and O–H groups in total. The molecule has 0 amide bonds. The van der Waals surface area contributed by atoms with Gasteiger partial charge in [-0.15, -0.1) is 6.58 Å². The van der Waals surface area contributed by atoms with Crippen LogP contribution in [0.3, 0.4) is 0 Å². The minimum atomic E-state index is 0.746. The van der Waals surface area contributed by atoms with E-state index in [0.29, 0.717) is 0 Å². The van der Waals surface area contributed by atoms with E-state index < -0.39 is 0 Å². The van der Waals surface area contributed by atoms with Gasteiger partial charge in [0, 0.05) is 0 Å². The summed E-state index contributed by atoms with van der Waals surface area (Å²) < 4.78 is 0. The topological polar surface area (TPSA) is 0 Å². The minimum absolute atomic E-state index is 0.746. The third-order valence-electron chi connectivity index (χ3n) is 3.21. The molecule has 1 aromatic carbocycles. The molecule has 15 heavy (non-hydrogen) atoms. The van der Waals surface area contributed by atoms with Crippen molar-refractivity contribution in [3.8, 4) is 0 Å². The first-order valence-corrected chi connectivity index (χ1v) is 5.74. The van der Waals surface area contributed by atoms with Crippen LogP contribution in [0.5, 0.6) is 0 Å². The molecule has 0 aromatic heterocycles. The molecule has 1 aliphatic rings. The SMILES string of the molecule is C=C[C@@H]1CC[C@H](/C=C\c2ccccc2)C1. The van der Waals surface area contributed by atoms with Crippen molar-refractivity contribution in [2.75, 3.05) is 0 Å². The van der Waals surface area contributed by atoms with E-state index in [9.17, 15) is 0 Å². The molecule has 2 atom stereocenters. The molecule has 2 rings (SSSR count). The average molecular weight is 198 g/mol. The van der Waals surface area contributed by atoms with Gasteiger partial charge in [-0.1, -0.05) is 48.6 Å². The van der Waals surface area contributed by atoms with Crippen LogP contribution in [-0.2, 0) is 0 Å². The fourth-order valence-electron chi connectivity index (χ4n) is 2.25. The van der Waals surface area contributed by atoms with Crippen LogP contribution < -0.4 is 0 Å². The largest absolute Gasteiger partial charge is 0.103 e. The zero-order chi connectivity index (χ0) is 10.5. The molecule has 0 aliphatic heterocycles. The molecule has 0 spiro atoms. The highest BCUT2D eigenvalue weighted by molar-refractivity contribution is 5.49. The predicted molar refractivity (Wildman–Crippen MR) is 66.5 cm³/mol. The predicted octanol–water partition coefficient (Wildman–Crippen LogP) is 4.30. The van der Waals surface area contributed by atoms with Gasteiger partial charge in [0.15, 0.2) is 0 Å². The summed E-state index contributed by atoms with van der Waals surface area (Å²) in [6, 6.07) is 10.5. The van der Waals surface area contributed by atoms with E-state index in [2.05, 4.69) is 55.1 Å². The van der Waals surface area contributed by atoms with Crippen molar-refractivity contribution >= 4 is 6.08 Å². The van der Waals surface area contributed by atoms with E-state index in [1.165, 1.54) is 24.8 Å². The van der Waals surface area contributed by atoms with Crippen LogP contribution in [0.2, 0.25) is 0 Å². The monoisotopic (exact) mass is 198 g/mol. The Balaban J connectivity index is 1.93. The summed E-state index contributed by atoms with van der Waals surface area (Å²) in [5.74, 6) is 1.50. The van der Waals surface area contributed by atoms with Gasteiger partial charge in [-0.2, -0.15) is 0 Å². The lowest BCUT2D eigenvalue weighted by atomic mass is 10.0. The Kier molecular flexibility index (Phi) is 3.39. The first kappa shape index (κ1) is 10.2. The second-order valence-corrected chi connectivity index (χ2v) is 4.34. The normalized spacial score (nSPS) is 25.9. The van der Waals surface area contributed by atoms with Crippen LogP contribution in [0.4, 0.5) is 0 Å². The maximum atomic E-state index is 3.87. The second kappa shape index (κ2) is 4.97. The number of hydrogen-bond donors (Lipinski definition) is 0. The van der Waals surface area contributed by atoms with Gasteiger partial charge in [-0.25, -0.2) is 0 Å². The van der Waals surface area contributed by atoms with Gasteiger partial charge in [0.25, 0.3) is 0 Å². The van der Waals surface area contributed by atoms with Crippen molar-refractivity contribution in [3.63, 3.8) is 0 Å². The van der Waals surface area contributed by atoms with Crippen LogP contribution in [0.15, 0.2) is 49.1 Å². The number of hydrogen-bond acceptors (Lipinski definition) is 0. The van der Waals surface area contributed by atoms with Gasteiger partial charge in [-0.3, -0.25) is 0 Å². The molecule has 0 heterocycles. The van der Waals surface area contributed by atoms with Gasteiger partial charge in [0.2, 0.25) is 0 Å². The quantitative estimate of drug-likeness (QED) is 0.635. The Morgan fingerprint density at radius 2 is 1.80 bits per heavy atom. The van der Waals surface area contributed by atoms with E-state index in [1.807, 2.05) is 0 Å². The Hall–Kier alpha value is -1.30. The molecule has 78 valence electrons. The lowest BCUT2D eigenvalue weighted by Gasteiger charge is -2.02. The summed E-state index contributed by atoms with van der Waals surface area (Å²) in [7, 11) is 0. The van der Waals surface area contributed by atoms with Gasteiger partial charge < -0.3 is 0 Å². The zero-order valence-electron chi connectivity index (χ0n) is 9.10. The van der Waals surface area contributed by atoms with Crippen LogP contribution in [0, 0.1) is 11.8 Å². The molecule has 1 aliphatic carbocycles. The van der Waals surface area contributed by atoms with Crippen molar-refractivity contribution in [1.29, 1.82) is 0 Å². The first-order chi connectivity index (χ1) is 7.38. The first-order valence-electron chi connectivity index (χ1n) is 5.74. The van der Waals surface area contributed by atoms with Crippen LogP contribution in [0.1, 0.15) is 24.8 Å². The highest BCUT2D eigenvalue weighted by atomic mass is 14.2. The molecule has 1 fully saturated rings. The molecular weight excluding hydrogens is 180 g/mol. The second-order valence-electron chi connectivity index (χ2n) is 4.34. The Bertz CT molecular complexity index is 334. The summed E-state index contributed by atoms with van der Waals surface area (Å²) in [5, 5.41) is 0. The molecule has 0 bridgehead atoms. The van der Waals surface area contributed by atoms with Crippen molar-refractivity contribution < 1.29 is 0 Å². The summed E-state index contributed by atoms with van der Waals surface area (Å²) in [6.45, 7) is 3.87. The fourth-order valence-corrected chi connectivity index (χ4v) is 2.25. The van der Waals surface area contributed by atoms with E-state index in [-0.39, 0.29) is 0 Å². The summed E-state index contributed by atoms with van der Waals surface area (Å²) in [6.07, 6.45) is 10.6. The highest BCUT2D eigenvalue weighted by Gasteiger charge is 2.19. The molecule has 1 saturated carbocycles. The van der Waals surface area contributed by atoms with Crippen LogP contribution in [0.25, 0.3) is 6.08 Å².